The van der Waals surface area contributed by atoms with Gasteiger partial charge in [-0.3, -0.25) is 9.10 Å². The molecule has 9 heteroatoms. The van der Waals surface area contributed by atoms with E-state index in [0.29, 0.717) is 5.75 Å². The highest BCUT2D eigenvalue weighted by Gasteiger charge is 2.24. The minimum absolute atomic E-state index is 0.0830. The average Bonchev–Trinajstić information content (AvgIpc) is 2.59. The van der Waals surface area contributed by atoms with Crippen molar-refractivity contribution in [3.8, 4) is 5.75 Å². The van der Waals surface area contributed by atoms with Gasteiger partial charge in [-0.15, -0.1) is 0 Å². The van der Waals surface area contributed by atoms with Gasteiger partial charge in [-0.05, 0) is 36.8 Å². The van der Waals surface area contributed by atoms with Crippen LogP contribution in [0.3, 0.4) is 0 Å². The minimum Gasteiger partial charge on any atom is -0.495 e. The number of amides is 1. The molecule has 0 aromatic heterocycles. The predicted octanol–water partition coefficient (Wildman–Crippen LogP) is 2.11. The van der Waals surface area contributed by atoms with E-state index in [1.165, 1.54) is 25.3 Å². The highest BCUT2D eigenvalue weighted by Crippen LogP contribution is 2.31. The molecule has 1 amide bonds. The molecule has 0 aliphatic heterocycles. The SMILES string of the molecule is COc1ccc(C)cc1N(CC(=O)Nc1ccccc1C(=O)O)S(C)(=O)=O. The second-order valence-corrected chi connectivity index (χ2v) is 7.75. The quantitative estimate of drug-likeness (QED) is 0.746. The lowest BCUT2D eigenvalue weighted by Gasteiger charge is -2.24. The number of nitrogens with one attached hydrogen (secondary N) is 1. The van der Waals surface area contributed by atoms with E-state index in [9.17, 15) is 23.1 Å². The van der Waals surface area contributed by atoms with Crippen molar-refractivity contribution in [2.45, 2.75) is 6.92 Å². The van der Waals surface area contributed by atoms with Gasteiger partial charge in [0.05, 0.1) is 30.3 Å². The molecule has 0 aliphatic carbocycles. The number of hydrogen-bond acceptors (Lipinski definition) is 5. The van der Waals surface area contributed by atoms with Crippen molar-refractivity contribution in [1.82, 2.24) is 0 Å². The summed E-state index contributed by atoms with van der Waals surface area (Å²) in [7, 11) is -2.40. The number of rotatable bonds is 7. The summed E-state index contributed by atoms with van der Waals surface area (Å²) in [5.74, 6) is -1.59. The van der Waals surface area contributed by atoms with Gasteiger partial charge in [0.1, 0.15) is 12.3 Å². The number of hydrogen-bond donors (Lipinski definition) is 2. The van der Waals surface area contributed by atoms with Gasteiger partial charge in [0, 0.05) is 0 Å². The molecule has 0 bridgehead atoms. The van der Waals surface area contributed by atoms with Crippen molar-refractivity contribution >= 4 is 33.3 Å². The van der Waals surface area contributed by atoms with E-state index in [0.717, 1.165) is 16.1 Å². The van der Waals surface area contributed by atoms with E-state index in [4.69, 9.17) is 4.74 Å². The topological polar surface area (TPSA) is 113 Å². The van der Waals surface area contributed by atoms with Crippen LogP contribution in [0.4, 0.5) is 11.4 Å². The number of sulfonamides is 1. The summed E-state index contributed by atoms with van der Waals surface area (Å²) >= 11 is 0. The van der Waals surface area contributed by atoms with Gasteiger partial charge in [0.2, 0.25) is 15.9 Å². The van der Waals surface area contributed by atoms with Crippen LogP contribution < -0.4 is 14.4 Å². The lowest BCUT2D eigenvalue weighted by molar-refractivity contribution is -0.114. The first-order chi connectivity index (χ1) is 12.6. The van der Waals surface area contributed by atoms with E-state index in [-0.39, 0.29) is 16.9 Å². The molecule has 0 radical (unpaired) electrons. The van der Waals surface area contributed by atoms with E-state index in [1.54, 1.807) is 31.2 Å². The molecule has 27 heavy (non-hydrogen) atoms. The zero-order valence-electron chi connectivity index (χ0n) is 15.1. The van der Waals surface area contributed by atoms with Crippen LogP contribution in [0.25, 0.3) is 0 Å². The summed E-state index contributed by atoms with van der Waals surface area (Å²) < 4.78 is 30.7. The molecule has 8 nitrogen and oxygen atoms in total. The van der Waals surface area contributed by atoms with Crippen LogP contribution in [0.1, 0.15) is 15.9 Å². The fourth-order valence-corrected chi connectivity index (χ4v) is 3.33. The molecule has 2 rings (SSSR count). The molecule has 0 atom stereocenters. The third-order valence-corrected chi connectivity index (χ3v) is 4.85. The average molecular weight is 392 g/mol. The second-order valence-electron chi connectivity index (χ2n) is 5.84. The number of para-hydroxylation sites is 1. The zero-order valence-corrected chi connectivity index (χ0v) is 15.9. The first-order valence-electron chi connectivity index (χ1n) is 7.88. The van der Waals surface area contributed by atoms with Crippen molar-refractivity contribution in [3.05, 3.63) is 53.6 Å². The third-order valence-electron chi connectivity index (χ3n) is 3.72. The highest BCUT2D eigenvalue weighted by molar-refractivity contribution is 7.92. The van der Waals surface area contributed by atoms with E-state index >= 15 is 0 Å². The van der Waals surface area contributed by atoms with Crippen molar-refractivity contribution in [3.63, 3.8) is 0 Å². The maximum Gasteiger partial charge on any atom is 0.337 e. The molecule has 0 heterocycles. The van der Waals surface area contributed by atoms with E-state index in [1.807, 2.05) is 0 Å². The Kier molecular flexibility index (Phi) is 6.06. The predicted molar refractivity (Wildman–Crippen MR) is 102 cm³/mol. The van der Waals surface area contributed by atoms with Crippen LogP contribution >= 0.6 is 0 Å². The van der Waals surface area contributed by atoms with Gasteiger partial charge < -0.3 is 15.2 Å². The Bertz CT molecular complexity index is 972. The number of carboxylic acids is 1. The maximum atomic E-state index is 12.5. The molecule has 0 aliphatic rings. The Morgan fingerprint density at radius 2 is 1.85 bits per heavy atom. The van der Waals surface area contributed by atoms with Crippen LogP contribution in [0, 0.1) is 6.92 Å². The Hall–Kier alpha value is -3.07. The summed E-state index contributed by atoms with van der Waals surface area (Å²) in [6.07, 6.45) is 0.979. The molecule has 2 aromatic carbocycles. The summed E-state index contributed by atoms with van der Waals surface area (Å²) in [4.78, 5) is 23.7. The normalized spacial score (nSPS) is 10.9. The van der Waals surface area contributed by atoms with Crippen LogP contribution in [0.5, 0.6) is 5.75 Å². The lowest BCUT2D eigenvalue weighted by Crippen LogP contribution is -2.37. The number of benzene rings is 2. The number of carbonyl (C=O) groups is 2. The second kappa shape index (κ2) is 8.09. The number of anilines is 2. The first kappa shape index (κ1) is 20.2. The number of carboxylic acid groups (broad SMARTS) is 1. The molecular weight excluding hydrogens is 372 g/mol. The Morgan fingerprint density at radius 1 is 1.19 bits per heavy atom. The van der Waals surface area contributed by atoms with Gasteiger partial charge in [-0.25, -0.2) is 13.2 Å². The Balaban J connectivity index is 2.35. The number of carbonyl (C=O) groups excluding carboxylic acids is 1. The maximum absolute atomic E-state index is 12.5. The molecule has 2 aromatic rings. The lowest BCUT2D eigenvalue weighted by atomic mass is 10.2. The van der Waals surface area contributed by atoms with Gasteiger partial charge in [0.15, 0.2) is 0 Å². The molecule has 0 unspecified atom stereocenters. The van der Waals surface area contributed by atoms with Crippen molar-refractivity contribution < 1.29 is 27.9 Å². The Morgan fingerprint density at radius 3 is 2.44 bits per heavy atom. The number of aryl methyl sites for hydroxylation is 1. The number of aromatic carboxylic acids is 1. The molecule has 0 saturated heterocycles. The van der Waals surface area contributed by atoms with Crippen LogP contribution in [-0.2, 0) is 14.8 Å². The number of methoxy groups -OCH3 is 1. The molecule has 144 valence electrons. The van der Waals surface area contributed by atoms with E-state index < -0.39 is 28.4 Å². The van der Waals surface area contributed by atoms with Crippen LogP contribution in [-0.4, -0.2) is 45.3 Å². The third kappa shape index (κ3) is 4.98. The molecule has 2 N–H and O–H groups in total. The summed E-state index contributed by atoms with van der Waals surface area (Å²) in [5, 5.41) is 11.6. The fourth-order valence-electron chi connectivity index (χ4n) is 2.47. The summed E-state index contributed by atoms with van der Waals surface area (Å²) in [6, 6.07) is 10.8. The molecule has 0 fully saturated rings. The largest absolute Gasteiger partial charge is 0.495 e. The molecule has 0 spiro atoms. The molecule has 0 saturated carbocycles. The smallest absolute Gasteiger partial charge is 0.337 e. The fraction of sp³-hybridized carbons (Fsp3) is 0.222. The standard InChI is InChI=1S/C18H20N2O6S/c1-12-8-9-16(26-2)15(10-12)20(27(3,24)25)11-17(21)19-14-7-5-4-6-13(14)18(22)23/h4-10H,11H2,1-3H3,(H,19,21)(H,22,23). The molecular formula is C18H20N2O6S. The van der Waals surface area contributed by atoms with Gasteiger partial charge in [-0.1, -0.05) is 18.2 Å². The summed E-state index contributed by atoms with van der Waals surface area (Å²) in [6.45, 7) is 1.25. The zero-order chi connectivity index (χ0) is 20.2. The van der Waals surface area contributed by atoms with Crippen LogP contribution in [0.2, 0.25) is 0 Å². The van der Waals surface area contributed by atoms with Crippen molar-refractivity contribution in [2.75, 3.05) is 29.5 Å². The van der Waals surface area contributed by atoms with Gasteiger partial charge >= 0.3 is 5.97 Å². The van der Waals surface area contributed by atoms with E-state index in [2.05, 4.69) is 5.32 Å². The number of ether oxygens (including phenoxy) is 1. The Labute approximate surface area is 157 Å². The van der Waals surface area contributed by atoms with Crippen molar-refractivity contribution in [1.29, 1.82) is 0 Å². The highest BCUT2D eigenvalue weighted by atomic mass is 32.2. The monoisotopic (exact) mass is 392 g/mol. The van der Waals surface area contributed by atoms with Gasteiger partial charge in [-0.2, -0.15) is 0 Å². The van der Waals surface area contributed by atoms with Crippen LogP contribution in [0.15, 0.2) is 42.5 Å². The van der Waals surface area contributed by atoms with Gasteiger partial charge in [0.25, 0.3) is 0 Å². The van der Waals surface area contributed by atoms with Crippen molar-refractivity contribution in [2.24, 2.45) is 0 Å². The minimum atomic E-state index is -3.80. The summed E-state index contributed by atoms with van der Waals surface area (Å²) in [5.41, 5.74) is 1.00. The number of nitrogens with zero attached hydrogens (tertiary/aromatic N) is 1. The first-order valence-corrected chi connectivity index (χ1v) is 9.73.